The molecule has 2 unspecified atom stereocenters. The smallest absolute Gasteiger partial charge is 0.147 e. The zero-order valence-electron chi connectivity index (χ0n) is 12.0. The van der Waals surface area contributed by atoms with Gasteiger partial charge in [-0.25, -0.2) is 4.98 Å². The molecule has 1 saturated heterocycles. The summed E-state index contributed by atoms with van der Waals surface area (Å²) in [6.45, 7) is 5.40. The molecule has 2 heterocycles. The lowest BCUT2D eigenvalue weighted by Gasteiger charge is -2.28. The van der Waals surface area contributed by atoms with Gasteiger partial charge in [-0.1, -0.05) is 6.92 Å². The summed E-state index contributed by atoms with van der Waals surface area (Å²) in [4.78, 5) is 11.6. The van der Waals surface area contributed by atoms with Crippen LogP contribution in [0.15, 0.2) is 12.4 Å². The molecule has 1 saturated carbocycles. The standard InChI is InChI=1S/C15H24N4/c1-3-14-7-4-11(2)19(14)15-10-17-13(9-18-15)8-16-12-5-6-12/h9-12,14,16H,3-8H2,1-2H3. The van der Waals surface area contributed by atoms with Gasteiger partial charge in [-0.05, 0) is 39.0 Å². The van der Waals surface area contributed by atoms with Crippen molar-refractivity contribution in [3.63, 3.8) is 0 Å². The fraction of sp³-hybridized carbons (Fsp3) is 0.733. The number of nitrogens with one attached hydrogen (secondary N) is 1. The molecule has 1 aliphatic carbocycles. The highest BCUT2D eigenvalue weighted by molar-refractivity contribution is 5.40. The van der Waals surface area contributed by atoms with Gasteiger partial charge in [0.25, 0.3) is 0 Å². The van der Waals surface area contributed by atoms with E-state index in [-0.39, 0.29) is 0 Å². The maximum absolute atomic E-state index is 4.63. The van der Waals surface area contributed by atoms with Crippen LogP contribution in [0.1, 0.15) is 51.6 Å². The highest BCUT2D eigenvalue weighted by Crippen LogP contribution is 2.30. The van der Waals surface area contributed by atoms with E-state index in [1.165, 1.54) is 32.1 Å². The summed E-state index contributed by atoms with van der Waals surface area (Å²) in [6, 6.07) is 1.96. The van der Waals surface area contributed by atoms with Gasteiger partial charge in [0.1, 0.15) is 5.82 Å². The van der Waals surface area contributed by atoms with Crippen LogP contribution in [-0.4, -0.2) is 28.1 Å². The van der Waals surface area contributed by atoms with Gasteiger partial charge < -0.3 is 10.2 Å². The van der Waals surface area contributed by atoms with Gasteiger partial charge in [0.05, 0.1) is 18.1 Å². The monoisotopic (exact) mass is 260 g/mol. The van der Waals surface area contributed by atoms with Crippen molar-refractivity contribution < 1.29 is 0 Å². The third kappa shape index (κ3) is 2.89. The Morgan fingerprint density at radius 2 is 2.05 bits per heavy atom. The van der Waals surface area contributed by atoms with Crippen LogP contribution in [-0.2, 0) is 6.54 Å². The Hall–Kier alpha value is -1.16. The van der Waals surface area contributed by atoms with Gasteiger partial charge >= 0.3 is 0 Å². The summed E-state index contributed by atoms with van der Waals surface area (Å²) >= 11 is 0. The Labute approximate surface area is 115 Å². The molecule has 1 N–H and O–H groups in total. The van der Waals surface area contributed by atoms with E-state index in [1.807, 2.05) is 12.4 Å². The molecule has 0 bridgehead atoms. The zero-order valence-corrected chi connectivity index (χ0v) is 12.0. The average molecular weight is 260 g/mol. The molecule has 1 aliphatic heterocycles. The minimum atomic E-state index is 0.592. The number of rotatable bonds is 5. The largest absolute Gasteiger partial charge is 0.350 e. The van der Waals surface area contributed by atoms with E-state index in [9.17, 15) is 0 Å². The second-order valence-electron chi connectivity index (χ2n) is 5.92. The Morgan fingerprint density at radius 1 is 1.21 bits per heavy atom. The number of aromatic nitrogens is 2. The van der Waals surface area contributed by atoms with Crippen molar-refractivity contribution in [2.24, 2.45) is 0 Å². The second-order valence-corrected chi connectivity index (χ2v) is 5.92. The van der Waals surface area contributed by atoms with Gasteiger partial charge in [-0.15, -0.1) is 0 Å². The molecule has 0 radical (unpaired) electrons. The van der Waals surface area contributed by atoms with Crippen molar-refractivity contribution in [1.82, 2.24) is 15.3 Å². The summed E-state index contributed by atoms with van der Waals surface area (Å²) in [5.41, 5.74) is 1.05. The van der Waals surface area contributed by atoms with Crippen molar-refractivity contribution in [1.29, 1.82) is 0 Å². The van der Waals surface area contributed by atoms with E-state index >= 15 is 0 Å². The maximum atomic E-state index is 4.63. The first-order valence-corrected chi connectivity index (χ1v) is 7.60. The van der Waals surface area contributed by atoms with Crippen LogP contribution in [0.4, 0.5) is 5.82 Å². The molecule has 2 atom stereocenters. The summed E-state index contributed by atoms with van der Waals surface area (Å²) in [7, 11) is 0. The van der Waals surface area contributed by atoms with E-state index in [0.717, 1.165) is 24.1 Å². The summed E-state index contributed by atoms with van der Waals surface area (Å²) in [5.74, 6) is 1.05. The van der Waals surface area contributed by atoms with Crippen LogP contribution in [0, 0.1) is 0 Å². The molecule has 1 aromatic rings. The fourth-order valence-electron chi connectivity index (χ4n) is 2.99. The minimum absolute atomic E-state index is 0.592. The first kappa shape index (κ1) is 12.9. The molecule has 0 amide bonds. The van der Waals surface area contributed by atoms with E-state index in [0.29, 0.717) is 12.1 Å². The third-order valence-electron chi connectivity index (χ3n) is 4.36. The second kappa shape index (κ2) is 5.45. The lowest BCUT2D eigenvalue weighted by atomic mass is 10.1. The first-order chi connectivity index (χ1) is 9.28. The van der Waals surface area contributed by atoms with Crippen LogP contribution < -0.4 is 10.2 Å². The average Bonchev–Trinajstić information content (AvgIpc) is 3.19. The molecule has 19 heavy (non-hydrogen) atoms. The highest BCUT2D eigenvalue weighted by Gasteiger charge is 2.30. The molecular formula is C15H24N4. The van der Waals surface area contributed by atoms with Crippen molar-refractivity contribution in [2.75, 3.05) is 4.90 Å². The number of nitrogens with zero attached hydrogens (tertiary/aromatic N) is 3. The van der Waals surface area contributed by atoms with E-state index in [1.54, 1.807) is 0 Å². The molecule has 3 rings (SSSR count). The predicted octanol–water partition coefficient (Wildman–Crippen LogP) is 2.50. The molecule has 4 heteroatoms. The topological polar surface area (TPSA) is 41.1 Å². The molecule has 104 valence electrons. The predicted molar refractivity (Wildman–Crippen MR) is 77.1 cm³/mol. The molecule has 2 fully saturated rings. The maximum Gasteiger partial charge on any atom is 0.147 e. The highest BCUT2D eigenvalue weighted by atomic mass is 15.3. The van der Waals surface area contributed by atoms with Crippen molar-refractivity contribution in [3.05, 3.63) is 18.1 Å². The van der Waals surface area contributed by atoms with Crippen LogP contribution in [0.25, 0.3) is 0 Å². The first-order valence-electron chi connectivity index (χ1n) is 7.60. The number of anilines is 1. The zero-order chi connectivity index (χ0) is 13.2. The van der Waals surface area contributed by atoms with Crippen LogP contribution in [0.3, 0.4) is 0 Å². The van der Waals surface area contributed by atoms with Gasteiger partial charge in [0.15, 0.2) is 0 Å². The SMILES string of the molecule is CCC1CCC(C)N1c1cnc(CNC2CC2)cn1. The quantitative estimate of drug-likeness (QED) is 0.883. The van der Waals surface area contributed by atoms with Gasteiger partial charge in [-0.3, -0.25) is 4.98 Å². The van der Waals surface area contributed by atoms with Crippen LogP contribution in [0.2, 0.25) is 0 Å². The van der Waals surface area contributed by atoms with Gasteiger partial charge in [0, 0.05) is 24.7 Å². The Kier molecular flexibility index (Phi) is 3.69. The number of hydrogen-bond acceptors (Lipinski definition) is 4. The van der Waals surface area contributed by atoms with Crippen LogP contribution >= 0.6 is 0 Å². The molecular weight excluding hydrogens is 236 g/mol. The summed E-state index contributed by atoms with van der Waals surface area (Å²) in [5, 5.41) is 3.47. The van der Waals surface area contributed by atoms with Crippen molar-refractivity contribution in [2.45, 2.75) is 70.6 Å². The molecule has 4 nitrogen and oxygen atoms in total. The van der Waals surface area contributed by atoms with Crippen molar-refractivity contribution >= 4 is 5.82 Å². The lowest BCUT2D eigenvalue weighted by molar-refractivity contribution is 0.617. The van der Waals surface area contributed by atoms with Gasteiger partial charge in [0.2, 0.25) is 0 Å². The Balaban J connectivity index is 1.66. The lowest BCUT2D eigenvalue weighted by Crippen LogP contribution is -2.34. The fourth-order valence-corrected chi connectivity index (χ4v) is 2.99. The van der Waals surface area contributed by atoms with E-state index in [2.05, 4.69) is 34.0 Å². The molecule has 1 aromatic heterocycles. The Morgan fingerprint density at radius 3 is 2.68 bits per heavy atom. The third-order valence-corrected chi connectivity index (χ3v) is 4.36. The molecule has 0 aromatic carbocycles. The van der Waals surface area contributed by atoms with E-state index in [4.69, 9.17) is 0 Å². The molecule has 2 aliphatic rings. The summed E-state index contributed by atoms with van der Waals surface area (Å²) in [6.07, 6.45) is 10.3. The minimum Gasteiger partial charge on any atom is -0.350 e. The molecule has 0 spiro atoms. The Bertz CT molecular complexity index is 413. The summed E-state index contributed by atoms with van der Waals surface area (Å²) < 4.78 is 0. The number of hydrogen-bond donors (Lipinski definition) is 1. The van der Waals surface area contributed by atoms with E-state index < -0.39 is 0 Å². The van der Waals surface area contributed by atoms with Crippen LogP contribution in [0.5, 0.6) is 0 Å². The normalized spacial score (nSPS) is 26.9. The van der Waals surface area contributed by atoms with Crippen molar-refractivity contribution in [3.8, 4) is 0 Å². The van der Waals surface area contributed by atoms with Gasteiger partial charge in [-0.2, -0.15) is 0 Å².